The number of piperazine rings is 1. The Labute approximate surface area is 267 Å². The Morgan fingerprint density at radius 1 is 1.13 bits per heavy atom. The number of nitrogens with zero attached hydrogens (tertiary/aromatic N) is 6. The van der Waals surface area contributed by atoms with E-state index in [1.54, 1.807) is 11.8 Å². The molecule has 0 bridgehead atoms. The number of hydrogen-bond donors (Lipinski definition) is 2. The summed E-state index contributed by atoms with van der Waals surface area (Å²) in [5, 5.41) is 14.1. The average Bonchev–Trinajstić information content (AvgIpc) is 3.68. The van der Waals surface area contributed by atoms with E-state index in [-0.39, 0.29) is 59.4 Å². The van der Waals surface area contributed by atoms with Crippen LogP contribution in [0.4, 0.5) is 23.8 Å². The number of aromatic nitrogens is 3. The molecule has 2 N–H and O–H groups in total. The van der Waals surface area contributed by atoms with Crippen LogP contribution in [0.25, 0.3) is 32.9 Å². The molecule has 3 amide bonds. The number of rotatable bonds is 6. The Balaban J connectivity index is 1.26. The van der Waals surface area contributed by atoms with E-state index in [1.165, 1.54) is 35.4 Å². The van der Waals surface area contributed by atoms with Crippen molar-refractivity contribution in [2.24, 2.45) is 0 Å². The van der Waals surface area contributed by atoms with Crippen molar-refractivity contribution >= 4 is 39.4 Å². The van der Waals surface area contributed by atoms with Crippen molar-refractivity contribution in [3.63, 3.8) is 0 Å². The molecule has 4 fully saturated rings. The summed E-state index contributed by atoms with van der Waals surface area (Å²) in [5.74, 6) is -1.58. The number of aryl methyl sites for hydroxylation is 1. The Kier molecular flexibility index (Phi) is 6.90. The van der Waals surface area contributed by atoms with Crippen LogP contribution < -0.4 is 15.0 Å². The topological polar surface area (TPSA) is 124 Å². The van der Waals surface area contributed by atoms with Gasteiger partial charge in [0.25, 0.3) is 5.91 Å². The molecular weight excluding hydrogens is 615 g/mol. The zero-order valence-corrected chi connectivity index (χ0v) is 25.6. The maximum absolute atomic E-state index is 16.8. The first-order valence-corrected chi connectivity index (χ1v) is 15.8. The zero-order valence-electron chi connectivity index (χ0n) is 25.6. The van der Waals surface area contributed by atoms with E-state index >= 15 is 4.39 Å². The maximum atomic E-state index is 16.8. The molecule has 8 rings (SSSR count). The molecule has 14 heteroatoms. The number of aromatic hydroxyl groups is 1. The van der Waals surface area contributed by atoms with Gasteiger partial charge in [0, 0.05) is 44.4 Å². The molecule has 4 saturated heterocycles. The Morgan fingerprint density at radius 3 is 2.81 bits per heavy atom. The number of benzene rings is 2. The van der Waals surface area contributed by atoms with Crippen molar-refractivity contribution in [3.05, 3.63) is 47.7 Å². The number of carbonyl (C=O) groups is 2. The van der Waals surface area contributed by atoms with Crippen molar-refractivity contribution in [2.45, 2.75) is 50.4 Å². The van der Waals surface area contributed by atoms with Gasteiger partial charge in [-0.3, -0.25) is 20.0 Å². The lowest BCUT2D eigenvalue weighted by Gasteiger charge is -2.36. The largest absolute Gasteiger partial charge is 0.508 e. The van der Waals surface area contributed by atoms with Crippen LogP contribution >= 0.6 is 0 Å². The van der Waals surface area contributed by atoms with Crippen LogP contribution in [0, 0.1) is 11.6 Å². The van der Waals surface area contributed by atoms with Gasteiger partial charge in [-0.05, 0) is 60.3 Å². The van der Waals surface area contributed by atoms with Crippen LogP contribution in [0.1, 0.15) is 31.7 Å². The molecular formula is C33H32F3N7O4. The molecule has 0 spiro atoms. The highest BCUT2D eigenvalue weighted by molar-refractivity contribution is 6.05. The number of amides is 3. The van der Waals surface area contributed by atoms with Gasteiger partial charge in [-0.2, -0.15) is 9.97 Å². The SMILES string of the molecule is CCc1c(F)ccc2cc(O)cc(-c3ncc4c(N5CCN6C(=O)NC(=O)C6C5)nc(OCC56CCCN5C[C@H](F)C6)nc4c3F)c12. The highest BCUT2D eigenvalue weighted by Gasteiger charge is 2.49. The number of alkyl halides is 1. The zero-order chi connectivity index (χ0) is 32.6. The number of fused-ring (bicyclic) bond motifs is 4. The number of halogens is 3. The summed E-state index contributed by atoms with van der Waals surface area (Å²) < 4.78 is 52.4. The van der Waals surface area contributed by atoms with E-state index in [2.05, 4.69) is 25.2 Å². The maximum Gasteiger partial charge on any atom is 0.324 e. The van der Waals surface area contributed by atoms with Gasteiger partial charge in [-0.15, -0.1) is 0 Å². The fraction of sp³-hybridized carbons (Fsp3) is 0.424. The van der Waals surface area contributed by atoms with Gasteiger partial charge < -0.3 is 19.6 Å². The minimum atomic E-state index is -0.968. The molecule has 2 aromatic heterocycles. The Bertz CT molecular complexity index is 1980. The lowest BCUT2D eigenvalue weighted by Crippen LogP contribution is -2.53. The minimum Gasteiger partial charge on any atom is -0.508 e. The molecule has 4 aliphatic rings. The number of imide groups is 1. The second-order valence-corrected chi connectivity index (χ2v) is 12.8. The van der Waals surface area contributed by atoms with Crippen LogP contribution in [-0.2, 0) is 11.2 Å². The normalized spacial score (nSPS) is 24.3. The second kappa shape index (κ2) is 10.9. The van der Waals surface area contributed by atoms with Gasteiger partial charge in [0.15, 0.2) is 5.82 Å². The molecule has 244 valence electrons. The summed E-state index contributed by atoms with van der Waals surface area (Å²) in [7, 11) is 0. The number of hydrogen-bond acceptors (Lipinski definition) is 9. The third kappa shape index (κ3) is 4.71. The van der Waals surface area contributed by atoms with E-state index in [0.717, 1.165) is 19.4 Å². The predicted molar refractivity (Wildman–Crippen MR) is 166 cm³/mol. The minimum absolute atomic E-state index is 0.101. The molecule has 3 atom stereocenters. The number of ether oxygens (including phenoxy) is 1. The summed E-state index contributed by atoms with van der Waals surface area (Å²) in [6.45, 7) is 3.63. The fourth-order valence-corrected chi connectivity index (χ4v) is 7.90. The van der Waals surface area contributed by atoms with Crippen LogP contribution in [0.3, 0.4) is 0 Å². The van der Waals surface area contributed by atoms with Crippen molar-refractivity contribution in [2.75, 3.05) is 44.2 Å². The number of nitrogens with one attached hydrogen (secondary N) is 1. The molecule has 4 aromatic rings. The van der Waals surface area contributed by atoms with E-state index in [4.69, 9.17) is 4.74 Å². The first-order chi connectivity index (χ1) is 22.7. The summed E-state index contributed by atoms with van der Waals surface area (Å²) in [6.07, 6.45) is 2.76. The number of pyridine rings is 1. The standard InChI is InChI=1S/C33H32F3N7O4/c1-2-20-23(35)5-4-17-10-19(44)11-21(25(17)20)27-26(36)28-22(13-37-27)29(41-8-9-43-24(15-41)30(45)40-32(43)46)39-31(38-28)47-16-33-6-3-7-42(33)14-18(34)12-33/h4-5,10-11,13,18,24,44H,2-3,6-9,12,14-16H2,1H3,(H,40,45,46)/t18-,24?,33?/m1/s1. The third-order valence-corrected chi connectivity index (χ3v) is 10.1. The van der Waals surface area contributed by atoms with E-state index in [0.29, 0.717) is 42.3 Å². The summed E-state index contributed by atoms with van der Waals surface area (Å²) in [6, 6.07) is 4.35. The molecule has 0 radical (unpaired) electrons. The van der Waals surface area contributed by atoms with Gasteiger partial charge >= 0.3 is 12.0 Å². The van der Waals surface area contributed by atoms with Gasteiger partial charge in [0.05, 0.1) is 10.9 Å². The summed E-state index contributed by atoms with van der Waals surface area (Å²) in [4.78, 5) is 43.8. The van der Waals surface area contributed by atoms with Crippen LogP contribution in [0.5, 0.6) is 11.8 Å². The Hall–Kier alpha value is -4.72. The molecule has 4 aliphatic heterocycles. The first kappa shape index (κ1) is 29.7. The molecule has 11 nitrogen and oxygen atoms in total. The molecule has 6 heterocycles. The van der Waals surface area contributed by atoms with Crippen LogP contribution in [0.2, 0.25) is 0 Å². The molecule has 2 unspecified atom stereocenters. The highest BCUT2D eigenvalue weighted by atomic mass is 19.1. The highest BCUT2D eigenvalue weighted by Crippen LogP contribution is 2.42. The Morgan fingerprint density at radius 2 is 1.98 bits per heavy atom. The monoisotopic (exact) mass is 647 g/mol. The van der Waals surface area contributed by atoms with Crippen molar-refractivity contribution in [1.29, 1.82) is 0 Å². The lowest BCUT2D eigenvalue weighted by atomic mass is 9.94. The number of urea groups is 1. The van der Waals surface area contributed by atoms with Crippen molar-refractivity contribution in [3.8, 4) is 23.0 Å². The van der Waals surface area contributed by atoms with Crippen molar-refractivity contribution < 1.29 is 32.6 Å². The number of anilines is 1. The van der Waals surface area contributed by atoms with Gasteiger partial charge in [-0.25, -0.2) is 18.0 Å². The van der Waals surface area contributed by atoms with Crippen molar-refractivity contribution in [1.82, 2.24) is 30.1 Å². The van der Waals surface area contributed by atoms with Gasteiger partial charge in [-0.1, -0.05) is 13.0 Å². The quantitative estimate of drug-likeness (QED) is 0.298. The lowest BCUT2D eigenvalue weighted by molar-refractivity contribution is -0.121. The molecule has 47 heavy (non-hydrogen) atoms. The molecule has 0 saturated carbocycles. The second-order valence-electron chi connectivity index (χ2n) is 12.8. The van der Waals surface area contributed by atoms with Gasteiger partial charge in [0.1, 0.15) is 47.4 Å². The molecule has 2 aromatic carbocycles. The summed E-state index contributed by atoms with van der Waals surface area (Å²) in [5.41, 5.74) is -0.206. The smallest absolute Gasteiger partial charge is 0.324 e. The third-order valence-electron chi connectivity index (χ3n) is 10.1. The van der Waals surface area contributed by atoms with Gasteiger partial charge in [0.2, 0.25) is 0 Å². The number of carbonyl (C=O) groups excluding carboxylic acids is 2. The van der Waals surface area contributed by atoms with E-state index in [1.807, 2.05) is 0 Å². The van der Waals surface area contributed by atoms with Crippen LogP contribution in [0.15, 0.2) is 30.5 Å². The number of phenolic OH excluding ortho intramolecular Hbond substituents is 1. The van der Waals surface area contributed by atoms with E-state index in [9.17, 15) is 23.5 Å². The summed E-state index contributed by atoms with van der Waals surface area (Å²) >= 11 is 0. The predicted octanol–water partition coefficient (Wildman–Crippen LogP) is 4.09. The fourth-order valence-electron chi connectivity index (χ4n) is 7.90. The molecule has 0 aliphatic carbocycles. The number of phenols is 1. The van der Waals surface area contributed by atoms with E-state index < -0.39 is 41.3 Å². The van der Waals surface area contributed by atoms with Crippen LogP contribution in [-0.4, -0.2) is 98.9 Å². The first-order valence-electron chi connectivity index (χ1n) is 15.8. The average molecular weight is 648 g/mol.